The highest BCUT2D eigenvalue weighted by Gasteiger charge is 2.17. The van der Waals surface area contributed by atoms with Crippen LogP contribution in [0.1, 0.15) is 59.8 Å². The summed E-state index contributed by atoms with van der Waals surface area (Å²) in [6, 6.07) is 0. The Morgan fingerprint density at radius 2 is 1.85 bits per heavy atom. The van der Waals surface area contributed by atoms with Gasteiger partial charge in [0.2, 0.25) is 0 Å². The molecule has 0 radical (unpaired) electrons. The van der Waals surface area contributed by atoms with E-state index < -0.39 is 0 Å². The van der Waals surface area contributed by atoms with Crippen LogP contribution in [0.3, 0.4) is 0 Å². The quantitative estimate of drug-likeness (QED) is 0.644. The molecule has 0 heterocycles. The molecule has 1 unspecified atom stereocenters. The summed E-state index contributed by atoms with van der Waals surface area (Å²) in [5.41, 5.74) is 0.472. The molecule has 0 saturated heterocycles. The maximum Gasteiger partial charge on any atom is 0.0456 e. The zero-order chi connectivity index (χ0) is 10.3. The highest BCUT2D eigenvalue weighted by molar-refractivity contribution is 4.69. The Morgan fingerprint density at radius 1 is 1.23 bits per heavy atom. The lowest BCUT2D eigenvalue weighted by molar-refractivity contribution is 0.201. The molecule has 0 spiro atoms. The van der Waals surface area contributed by atoms with Gasteiger partial charge >= 0.3 is 0 Å². The van der Waals surface area contributed by atoms with E-state index in [1.165, 1.54) is 25.7 Å². The molecule has 0 bridgehead atoms. The summed E-state index contributed by atoms with van der Waals surface area (Å²) in [6.07, 6.45) is 6.35. The van der Waals surface area contributed by atoms with Gasteiger partial charge in [-0.1, -0.05) is 40.5 Å². The van der Waals surface area contributed by atoms with Gasteiger partial charge in [0.15, 0.2) is 0 Å². The van der Waals surface area contributed by atoms with Crippen molar-refractivity contribution < 1.29 is 5.11 Å². The molecule has 0 aromatic heterocycles. The highest BCUT2D eigenvalue weighted by atomic mass is 16.3. The normalized spacial score (nSPS) is 14.5. The van der Waals surface area contributed by atoms with Crippen molar-refractivity contribution in [3.63, 3.8) is 0 Å². The van der Waals surface area contributed by atoms with Crippen LogP contribution in [0.2, 0.25) is 0 Å². The van der Waals surface area contributed by atoms with E-state index >= 15 is 0 Å². The summed E-state index contributed by atoms with van der Waals surface area (Å²) in [5.74, 6) is 0.473. The Kier molecular flexibility index (Phi) is 6.40. The highest BCUT2D eigenvalue weighted by Crippen LogP contribution is 2.30. The van der Waals surface area contributed by atoms with E-state index in [1.807, 2.05) is 0 Å². The zero-order valence-electron chi connectivity index (χ0n) is 9.77. The van der Waals surface area contributed by atoms with Crippen LogP contribution in [0.5, 0.6) is 0 Å². The lowest BCUT2D eigenvalue weighted by atomic mass is 9.81. The van der Waals surface area contributed by atoms with Crippen LogP contribution in [0.25, 0.3) is 0 Å². The van der Waals surface area contributed by atoms with Gasteiger partial charge in [0.05, 0.1) is 0 Å². The average molecular weight is 186 g/mol. The topological polar surface area (TPSA) is 20.2 Å². The summed E-state index contributed by atoms with van der Waals surface area (Å²) < 4.78 is 0. The minimum Gasteiger partial charge on any atom is -0.396 e. The van der Waals surface area contributed by atoms with Crippen molar-refractivity contribution >= 4 is 0 Å². The van der Waals surface area contributed by atoms with Crippen molar-refractivity contribution in [1.29, 1.82) is 0 Å². The standard InChI is InChI=1S/C12H26O/c1-5-6-8-12(3,4)9-7-11(2)10-13/h11,13H,5-10H2,1-4H3. The smallest absolute Gasteiger partial charge is 0.0456 e. The molecule has 1 atom stereocenters. The molecule has 0 aliphatic rings. The van der Waals surface area contributed by atoms with Gasteiger partial charge in [0.25, 0.3) is 0 Å². The van der Waals surface area contributed by atoms with E-state index in [0.29, 0.717) is 17.9 Å². The van der Waals surface area contributed by atoms with E-state index in [4.69, 9.17) is 5.11 Å². The molecular weight excluding hydrogens is 160 g/mol. The third-order valence-electron chi connectivity index (χ3n) is 2.83. The van der Waals surface area contributed by atoms with Crippen molar-refractivity contribution in [2.75, 3.05) is 6.61 Å². The Morgan fingerprint density at radius 3 is 2.31 bits per heavy atom. The van der Waals surface area contributed by atoms with E-state index in [1.54, 1.807) is 0 Å². The Balaban J connectivity index is 3.61. The summed E-state index contributed by atoms with van der Waals surface area (Å²) in [5, 5.41) is 8.91. The van der Waals surface area contributed by atoms with Gasteiger partial charge in [-0.3, -0.25) is 0 Å². The molecular formula is C12H26O. The van der Waals surface area contributed by atoms with E-state index in [0.717, 1.165) is 6.42 Å². The zero-order valence-corrected chi connectivity index (χ0v) is 9.77. The fourth-order valence-electron chi connectivity index (χ4n) is 1.51. The molecule has 0 amide bonds. The second-order valence-electron chi connectivity index (χ2n) is 5.09. The van der Waals surface area contributed by atoms with E-state index in [-0.39, 0.29) is 0 Å². The first-order chi connectivity index (χ1) is 6.02. The minimum atomic E-state index is 0.337. The summed E-state index contributed by atoms with van der Waals surface area (Å²) >= 11 is 0. The first kappa shape index (κ1) is 13.0. The van der Waals surface area contributed by atoms with Crippen LogP contribution < -0.4 is 0 Å². The Bertz CT molecular complexity index is 118. The molecule has 0 aromatic carbocycles. The average Bonchev–Trinajstić information content (AvgIpc) is 2.11. The number of aliphatic hydroxyl groups is 1. The lowest BCUT2D eigenvalue weighted by Crippen LogP contribution is -2.14. The fraction of sp³-hybridized carbons (Fsp3) is 1.00. The van der Waals surface area contributed by atoms with Crippen LogP contribution in [-0.2, 0) is 0 Å². The summed E-state index contributed by atoms with van der Waals surface area (Å²) in [6.45, 7) is 9.38. The third-order valence-corrected chi connectivity index (χ3v) is 2.83. The van der Waals surface area contributed by atoms with E-state index in [9.17, 15) is 0 Å². The SMILES string of the molecule is CCCCC(C)(C)CCC(C)CO. The third kappa shape index (κ3) is 7.06. The van der Waals surface area contributed by atoms with Crippen LogP contribution in [0, 0.1) is 11.3 Å². The Hall–Kier alpha value is -0.0400. The van der Waals surface area contributed by atoms with Gasteiger partial charge in [-0.05, 0) is 30.6 Å². The Labute approximate surface area is 83.5 Å². The summed E-state index contributed by atoms with van der Waals surface area (Å²) in [4.78, 5) is 0. The van der Waals surface area contributed by atoms with Gasteiger partial charge in [-0.25, -0.2) is 0 Å². The molecule has 0 aliphatic carbocycles. The van der Waals surface area contributed by atoms with Crippen LogP contribution >= 0.6 is 0 Å². The van der Waals surface area contributed by atoms with Gasteiger partial charge < -0.3 is 5.11 Å². The largest absolute Gasteiger partial charge is 0.396 e. The minimum absolute atomic E-state index is 0.337. The second-order valence-corrected chi connectivity index (χ2v) is 5.09. The van der Waals surface area contributed by atoms with Crippen molar-refractivity contribution in [2.45, 2.75) is 59.8 Å². The number of aliphatic hydroxyl groups excluding tert-OH is 1. The monoisotopic (exact) mass is 186 g/mol. The molecule has 0 aliphatic heterocycles. The second kappa shape index (κ2) is 6.42. The summed E-state index contributed by atoms with van der Waals surface area (Å²) in [7, 11) is 0. The van der Waals surface area contributed by atoms with Crippen molar-refractivity contribution in [1.82, 2.24) is 0 Å². The van der Waals surface area contributed by atoms with E-state index in [2.05, 4.69) is 27.7 Å². The van der Waals surface area contributed by atoms with Gasteiger partial charge in [0.1, 0.15) is 0 Å². The maximum absolute atomic E-state index is 8.91. The maximum atomic E-state index is 8.91. The van der Waals surface area contributed by atoms with Crippen molar-refractivity contribution in [3.05, 3.63) is 0 Å². The molecule has 0 aromatic rings. The van der Waals surface area contributed by atoms with Gasteiger partial charge in [-0.15, -0.1) is 0 Å². The fourth-order valence-corrected chi connectivity index (χ4v) is 1.51. The molecule has 1 nitrogen and oxygen atoms in total. The van der Waals surface area contributed by atoms with Crippen LogP contribution in [0.15, 0.2) is 0 Å². The molecule has 1 heteroatoms. The first-order valence-electron chi connectivity index (χ1n) is 5.62. The molecule has 0 fully saturated rings. The number of rotatable bonds is 7. The number of hydrogen-bond donors (Lipinski definition) is 1. The molecule has 0 rings (SSSR count). The first-order valence-corrected chi connectivity index (χ1v) is 5.62. The van der Waals surface area contributed by atoms with Gasteiger partial charge in [0, 0.05) is 6.61 Å². The van der Waals surface area contributed by atoms with Crippen LogP contribution in [0.4, 0.5) is 0 Å². The molecule has 13 heavy (non-hydrogen) atoms. The number of unbranched alkanes of at least 4 members (excludes halogenated alkanes) is 1. The predicted molar refractivity (Wildman–Crippen MR) is 58.8 cm³/mol. The predicted octanol–water partition coefficient (Wildman–Crippen LogP) is 3.61. The molecule has 1 N–H and O–H groups in total. The van der Waals surface area contributed by atoms with Crippen LogP contribution in [-0.4, -0.2) is 11.7 Å². The van der Waals surface area contributed by atoms with Crippen molar-refractivity contribution in [3.8, 4) is 0 Å². The van der Waals surface area contributed by atoms with Gasteiger partial charge in [-0.2, -0.15) is 0 Å². The molecule has 80 valence electrons. The van der Waals surface area contributed by atoms with Crippen molar-refractivity contribution in [2.24, 2.45) is 11.3 Å². The lowest BCUT2D eigenvalue weighted by Gasteiger charge is -2.25. The molecule has 0 saturated carbocycles. The number of hydrogen-bond acceptors (Lipinski definition) is 1.